The molecular weight excluding hydrogens is 532 g/mol. The number of aromatic nitrogens is 2. The lowest BCUT2D eigenvalue weighted by molar-refractivity contribution is -0.144. The molecule has 0 spiro atoms. The van der Waals surface area contributed by atoms with Crippen LogP contribution in [0, 0.1) is 0 Å². The van der Waals surface area contributed by atoms with Gasteiger partial charge in [-0.1, -0.05) is 0 Å². The molecule has 14 heteroatoms. The lowest BCUT2D eigenvalue weighted by Gasteiger charge is -2.20. The Morgan fingerprint density at radius 1 is 0.897 bits per heavy atom. The molecule has 0 saturated heterocycles. The van der Waals surface area contributed by atoms with E-state index < -0.39 is 51.8 Å². The highest BCUT2D eigenvalue weighted by atomic mass is 32.2. The average Bonchev–Trinajstić information content (AvgIpc) is 2.93. The van der Waals surface area contributed by atoms with Crippen LogP contribution in [0.5, 0.6) is 11.5 Å². The number of benzene rings is 2. The van der Waals surface area contributed by atoms with Crippen LogP contribution in [-0.2, 0) is 33.7 Å². The van der Waals surface area contributed by atoms with E-state index in [0.29, 0.717) is 18.0 Å². The van der Waals surface area contributed by atoms with Crippen molar-refractivity contribution >= 4 is 33.3 Å². The summed E-state index contributed by atoms with van der Waals surface area (Å²) in [4.78, 5) is 48.7. The maximum atomic E-state index is 12.9. The van der Waals surface area contributed by atoms with Crippen LogP contribution in [0.3, 0.4) is 0 Å². The number of ketones is 1. The fourth-order valence-electron chi connectivity index (χ4n) is 3.45. The van der Waals surface area contributed by atoms with Crippen molar-refractivity contribution in [2.24, 2.45) is 14.1 Å². The molecule has 0 aliphatic heterocycles. The number of ether oxygens (including phenoxy) is 3. The Bertz CT molecular complexity index is 1590. The molecule has 3 rings (SSSR count). The number of carbonyl (C=O) groups is 2. The zero-order chi connectivity index (χ0) is 28.9. The van der Waals surface area contributed by atoms with Gasteiger partial charge in [0, 0.05) is 21.1 Å². The Morgan fingerprint density at radius 2 is 1.46 bits per heavy atom. The number of hydrogen-bond acceptors (Lipinski definition) is 10. The van der Waals surface area contributed by atoms with Crippen molar-refractivity contribution in [3.8, 4) is 11.5 Å². The average molecular weight is 561 g/mol. The molecule has 13 nitrogen and oxygen atoms in total. The van der Waals surface area contributed by atoms with Gasteiger partial charge in [-0.05, 0) is 55.5 Å². The van der Waals surface area contributed by atoms with Crippen molar-refractivity contribution in [1.82, 2.24) is 9.13 Å². The molecule has 0 saturated carbocycles. The second-order valence-electron chi connectivity index (χ2n) is 8.21. The van der Waals surface area contributed by atoms with Gasteiger partial charge in [-0.15, -0.1) is 0 Å². The highest BCUT2D eigenvalue weighted by molar-refractivity contribution is 7.92. The van der Waals surface area contributed by atoms with Crippen molar-refractivity contribution < 1.29 is 32.2 Å². The second-order valence-corrected chi connectivity index (χ2v) is 10.2. The highest BCUT2D eigenvalue weighted by Crippen LogP contribution is 2.25. The SMILES string of the molecule is CCOc1ccc(S(=O)(=O)N(C)c2ccc(OCC(=O)OCC(=O)c3c(N)n(C)c(=O)n(C)c3=O)cc2)cc1. The van der Waals surface area contributed by atoms with Gasteiger partial charge in [0.2, 0.25) is 5.78 Å². The molecule has 208 valence electrons. The minimum absolute atomic E-state index is 0.0865. The molecule has 39 heavy (non-hydrogen) atoms. The summed E-state index contributed by atoms with van der Waals surface area (Å²) in [6.07, 6.45) is 0. The molecule has 2 N–H and O–H groups in total. The van der Waals surface area contributed by atoms with E-state index in [1.54, 1.807) is 12.1 Å². The third kappa shape index (κ3) is 6.29. The first-order chi connectivity index (χ1) is 18.4. The van der Waals surface area contributed by atoms with Crippen LogP contribution in [-0.4, -0.2) is 56.2 Å². The lowest BCUT2D eigenvalue weighted by atomic mass is 10.2. The van der Waals surface area contributed by atoms with Gasteiger partial charge in [-0.25, -0.2) is 18.0 Å². The number of esters is 1. The van der Waals surface area contributed by atoms with Crippen LogP contribution in [0.15, 0.2) is 63.0 Å². The molecule has 2 aromatic carbocycles. The standard InChI is InChI=1S/C25H28N4O9S/c1-5-36-17-10-12-19(13-11-17)39(34,35)29(4)16-6-8-18(9-7-16)37-15-21(31)38-14-20(30)22-23(26)27(2)25(33)28(3)24(22)32/h6-13H,5,14-15,26H2,1-4H3. The second kappa shape index (κ2) is 11.9. The predicted octanol–water partition coefficient (Wildman–Crippen LogP) is 0.695. The molecule has 0 radical (unpaired) electrons. The normalized spacial score (nSPS) is 11.1. The third-order valence-corrected chi connectivity index (χ3v) is 7.50. The van der Waals surface area contributed by atoms with Crippen molar-refractivity contribution in [3.63, 3.8) is 0 Å². The number of nitrogen functional groups attached to an aromatic ring is 1. The number of hydrogen-bond donors (Lipinski definition) is 1. The van der Waals surface area contributed by atoms with Crippen LogP contribution in [0.2, 0.25) is 0 Å². The maximum Gasteiger partial charge on any atom is 0.344 e. The van der Waals surface area contributed by atoms with E-state index in [1.165, 1.54) is 57.5 Å². The van der Waals surface area contributed by atoms with Gasteiger partial charge >= 0.3 is 11.7 Å². The summed E-state index contributed by atoms with van der Waals surface area (Å²) in [6.45, 7) is 0.943. The van der Waals surface area contributed by atoms with Crippen LogP contribution < -0.4 is 30.8 Å². The summed E-state index contributed by atoms with van der Waals surface area (Å²) in [5.74, 6) is -1.31. The summed E-state index contributed by atoms with van der Waals surface area (Å²) in [6, 6.07) is 12.0. The van der Waals surface area contributed by atoms with Crippen LogP contribution >= 0.6 is 0 Å². The van der Waals surface area contributed by atoms with Gasteiger partial charge in [0.05, 0.1) is 17.2 Å². The Labute approximate surface area is 224 Å². The highest BCUT2D eigenvalue weighted by Gasteiger charge is 2.23. The summed E-state index contributed by atoms with van der Waals surface area (Å²) < 4.78 is 44.2. The number of anilines is 2. The zero-order valence-electron chi connectivity index (χ0n) is 21.7. The van der Waals surface area contributed by atoms with Gasteiger partial charge < -0.3 is 19.9 Å². The van der Waals surface area contributed by atoms with E-state index in [4.69, 9.17) is 19.9 Å². The zero-order valence-corrected chi connectivity index (χ0v) is 22.6. The number of carbonyl (C=O) groups excluding carboxylic acids is 2. The van der Waals surface area contributed by atoms with Crippen molar-refractivity contribution in [2.45, 2.75) is 11.8 Å². The van der Waals surface area contributed by atoms with E-state index in [-0.39, 0.29) is 16.5 Å². The van der Waals surface area contributed by atoms with Gasteiger partial charge in [0.15, 0.2) is 13.2 Å². The third-order valence-electron chi connectivity index (χ3n) is 5.70. The monoisotopic (exact) mass is 560 g/mol. The minimum Gasteiger partial charge on any atom is -0.494 e. The summed E-state index contributed by atoms with van der Waals surface area (Å²) in [5, 5.41) is 0. The molecule has 0 aliphatic rings. The van der Waals surface area contributed by atoms with E-state index in [9.17, 15) is 27.6 Å². The molecule has 0 bridgehead atoms. The first-order valence-electron chi connectivity index (χ1n) is 11.6. The number of sulfonamides is 1. The molecule has 0 amide bonds. The molecule has 0 fully saturated rings. The van der Waals surface area contributed by atoms with Gasteiger partial charge in [0.25, 0.3) is 15.6 Å². The van der Waals surface area contributed by atoms with Crippen molar-refractivity contribution in [3.05, 3.63) is 74.9 Å². The number of nitrogens with two attached hydrogens (primary N) is 1. The number of Topliss-reactive ketones (excluding diaryl/α,β-unsaturated/α-hetero) is 1. The van der Waals surface area contributed by atoms with Crippen LogP contribution in [0.25, 0.3) is 0 Å². The molecule has 0 atom stereocenters. The Morgan fingerprint density at radius 3 is 2.05 bits per heavy atom. The molecule has 0 unspecified atom stereocenters. The van der Waals surface area contributed by atoms with Crippen molar-refractivity contribution in [1.29, 1.82) is 0 Å². The van der Waals surface area contributed by atoms with Gasteiger partial charge in [-0.2, -0.15) is 0 Å². The van der Waals surface area contributed by atoms with Crippen LogP contribution in [0.4, 0.5) is 11.5 Å². The van der Waals surface area contributed by atoms with Crippen molar-refractivity contribution in [2.75, 3.05) is 36.9 Å². The Kier molecular flexibility index (Phi) is 8.81. The molecule has 3 aromatic rings. The molecule has 0 aliphatic carbocycles. The van der Waals surface area contributed by atoms with Crippen LogP contribution in [0.1, 0.15) is 17.3 Å². The fraction of sp³-hybridized carbons (Fsp3) is 0.280. The molecule has 1 aromatic heterocycles. The van der Waals surface area contributed by atoms with E-state index in [1.807, 2.05) is 6.92 Å². The first-order valence-corrected chi connectivity index (χ1v) is 13.0. The molecular formula is C25H28N4O9S. The Hall–Kier alpha value is -4.59. The van der Waals surface area contributed by atoms with Gasteiger partial charge in [-0.3, -0.25) is 23.0 Å². The molecule has 1 heterocycles. The predicted molar refractivity (Wildman–Crippen MR) is 142 cm³/mol. The topological polar surface area (TPSA) is 169 Å². The minimum atomic E-state index is -3.84. The Balaban J connectivity index is 1.58. The fourth-order valence-corrected chi connectivity index (χ4v) is 4.64. The summed E-state index contributed by atoms with van der Waals surface area (Å²) in [5.41, 5.74) is 4.00. The smallest absolute Gasteiger partial charge is 0.344 e. The summed E-state index contributed by atoms with van der Waals surface area (Å²) in [7, 11) is 0.0598. The number of nitrogens with zero attached hydrogens (tertiary/aromatic N) is 3. The first kappa shape index (κ1) is 29.0. The van der Waals surface area contributed by atoms with Gasteiger partial charge in [0.1, 0.15) is 22.9 Å². The van der Waals surface area contributed by atoms with E-state index in [0.717, 1.165) is 13.4 Å². The lowest BCUT2D eigenvalue weighted by Crippen LogP contribution is -2.42. The maximum absolute atomic E-state index is 12.9. The number of rotatable bonds is 11. The summed E-state index contributed by atoms with van der Waals surface area (Å²) >= 11 is 0. The van der Waals surface area contributed by atoms with E-state index >= 15 is 0 Å². The van der Waals surface area contributed by atoms with E-state index in [2.05, 4.69) is 0 Å². The largest absolute Gasteiger partial charge is 0.494 e. The quantitative estimate of drug-likeness (QED) is 0.260.